The Morgan fingerprint density at radius 1 is 1.42 bits per heavy atom. The Morgan fingerprint density at radius 3 is 2.75 bits per heavy atom. The number of carbonyl (C=O) groups is 1. The zero-order chi connectivity index (χ0) is 16.2. The molecule has 2 fully saturated rings. The highest BCUT2D eigenvalue weighted by Crippen LogP contribution is 2.40. The Bertz CT molecular complexity index is 613. The zero-order valence-electron chi connectivity index (χ0n) is 13.7. The molecule has 1 saturated carbocycles. The van der Waals surface area contributed by atoms with Crippen LogP contribution >= 0.6 is 24.0 Å². The Labute approximate surface area is 158 Å². The van der Waals surface area contributed by atoms with Gasteiger partial charge in [-0.3, -0.25) is 4.98 Å². The number of nitrogens with two attached hydrogens (primary N) is 1. The molecule has 0 unspecified atom stereocenters. The van der Waals surface area contributed by atoms with Crippen LogP contribution in [0.25, 0.3) is 0 Å². The van der Waals surface area contributed by atoms with Crippen molar-refractivity contribution in [2.45, 2.75) is 25.3 Å². The van der Waals surface area contributed by atoms with Crippen LogP contribution in [0.15, 0.2) is 17.1 Å². The maximum atomic E-state index is 11.8. The van der Waals surface area contributed by atoms with Gasteiger partial charge in [-0.1, -0.05) is 0 Å². The van der Waals surface area contributed by atoms with Crippen LogP contribution in [-0.4, -0.2) is 55.2 Å². The molecule has 1 saturated heterocycles. The first-order chi connectivity index (χ1) is 11.2. The molecule has 1 aromatic rings. The fraction of sp³-hybridized carbons (Fsp3) is 0.562. The van der Waals surface area contributed by atoms with E-state index < -0.39 is 0 Å². The van der Waals surface area contributed by atoms with Gasteiger partial charge in [0.1, 0.15) is 0 Å². The third-order valence-electron chi connectivity index (χ3n) is 4.09. The lowest BCUT2D eigenvalue weighted by molar-refractivity contribution is 0.0598. The van der Waals surface area contributed by atoms with E-state index in [2.05, 4.69) is 9.98 Å². The quantitative estimate of drug-likeness (QED) is 0.327. The SMILES string of the molecule is COC(=O)c1ccc(CN=C(N)N2CCOCC2)nc1C1CC1.I. The zero-order valence-corrected chi connectivity index (χ0v) is 16.1. The summed E-state index contributed by atoms with van der Waals surface area (Å²) in [7, 11) is 1.39. The number of esters is 1. The van der Waals surface area contributed by atoms with E-state index in [1.807, 2.05) is 11.0 Å². The van der Waals surface area contributed by atoms with Crippen molar-refractivity contribution in [1.29, 1.82) is 0 Å². The highest BCUT2D eigenvalue weighted by atomic mass is 127. The number of morpholine rings is 1. The number of aromatic nitrogens is 1. The standard InChI is InChI=1S/C16H22N4O3.HI/c1-22-15(21)13-5-4-12(19-14(13)11-2-3-11)10-18-16(17)20-6-8-23-9-7-20;/h4-5,11H,2-3,6-10H2,1H3,(H2,17,18);1H. The third-order valence-corrected chi connectivity index (χ3v) is 4.09. The molecule has 132 valence electrons. The van der Waals surface area contributed by atoms with Gasteiger partial charge in [0, 0.05) is 19.0 Å². The molecule has 0 amide bonds. The van der Waals surface area contributed by atoms with Crippen molar-refractivity contribution >= 4 is 35.9 Å². The molecular weight excluding hydrogens is 423 g/mol. The van der Waals surface area contributed by atoms with Gasteiger partial charge in [-0.05, 0) is 25.0 Å². The topological polar surface area (TPSA) is 90.0 Å². The number of ether oxygens (including phenoxy) is 2. The van der Waals surface area contributed by atoms with E-state index in [1.54, 1.807) is 6.07 Å². The fourth-order valence-corrected chi connectivity index (χ4v) is 2.61. The van der Waals surface area contributed by atoms with Gasteiger partial charge in [-0.15, -0.1) is 24.0 Å². The average Bonchev–Trinajstić information content (AvgIpc) is 3.44. The molecule has 3 rings (SSSR count). The minimum Gasteiger partial charge on any atom is -0.465 e. The van der Waals surface area contributed by atoms with Crippen molar-refractivity contribution in [3.8, 4) is 0 Å². The molecule has 0 bridgehead atoms. The van der Waals surface area contributed by atoms with E-state index in [0.29, 0.717) is 37.2 Å². The van der Waals surface area contributed by atoms with Gasteiger partial charge in [-0.2, -0.15) is 0 Å². The molecule has 0 radical (unpaired) electrons. The Hall–Kier alpha value is -1.42. The van der Waals surface area contributed by atoms with Crippen molar-refractivity contribution in [2.24, 2.45) is 10.7 Å². The number of hydrogen-bond donors (Lipinski definition) is 1. The maximum Gasteiger partial charge on any atom is 0.339 e. The summed E-state index contributed by atoms with van der Waals surface area (Å²) < 4.78 is 10.1. The van der Waals surface area contributed by atoms with Gasteiger partial charge in [-0.25, -0.2) is 9.79 Å². The molecule has 1 aliphatic carbocycles. The number of carbonyl (C=O) groups excluding carboxylic acids is 1. The van der Waals surface area contributed by atoms with E-state index in [0.717, 1.165) is 37.3 Å². The van der Waals surface area contributed by atoms with Crippen LogP contribution in [0.1, 0.15) is 40.5 Å². The van der Waals surface area contributed by atoms with Crippen LogP contribution in [0, 0.1) is 0 Å². The highest BCUT2D eigenvalue weighted by molar-refractivity contribution is 14.0. The number of nitrogens with zero attached hydrogens (tertiary/aromatic N) is 3. The van der Waals surface area contributed by atoms with E-state index in [-0.39, 0.29) is 29.9 Å². The summed E-state index contributed by atoms with van der Waals surface area (Å²) in [6.07, 6.45) is 2.14. The van der Waals surface area contributed by atoms with Gasteiger partial charge < -0.3 is 20.1 Å². The molecule has 1 aliphatic heterocycles. The number of methoxy groups -OCH3 is 1. The van der Waals surface area contributed by atoms with Crippen LogP contribution in [0.2, 0.25) is 0 Å². The molecule has 0 atom stereocenters. The number of halogens is 1. The summed E-state index contributed by atoms with van der Waals surface area (Å²) in [5.41, 5.74) is 8.23. The fourth-order valence-electron chi connectivity index (χ4n) is 2.61. The Morgan fingerprint density at radius 2 is 2.12 bits per heavy atom. The second-order valence-electron chi connectivity index (χ2n) is 5.78. The summed E-state index contributed by atoms with van der Waals surface area (Å²) in [5.74, 6) is 0.548. The van der Waals surface area contributed by atoms with E-state index in [4.69, 9.17) is 15.2 Å². The van der Waals surface area contributed by atoms with Crippen molar-refractivity contribution in [2.75, 3.05) is 33.4 Å². The molecule has 0 spiro atoms. The van der Waals surface area contributed by atoms with Crippen molar-refractivity contribution in [3.63, 3.8) is 0 Å². The van der Waals surface area contributed by atoms with Crippen molar-refractivity contribution < 1.29 is 14.3 Å². The second kappa shape index (κ2) is 8.61. The normalized spacial score (nSPS) is 18.0. The number of guanidine groups is 1. The first kappa shape index (κ1) is 18.9. The second-order valence-corrected chi connectivity index (χ2v) is 5.78. The number of pyridine rings is 1. The van der Waals surface area contributed by atoms with Crippen LogP contribution in [-0.2, 0) is 16.0 Å². The number of rotatable bonds is 4. The van der Waals surface area contributed by atoms with Crippen molar-refractivity contribution in [3.05, 3.63) is 29.1 Å². The molecule has 0 aromatic carbocycles. The van der Waals surface area contributed by atoms with Gasteiger partial charge in [0.15, 0.2) is 5.96 Å². The molecule has 1 aromatic heterocycles. The number of aliphatic imine (C=N–C) groups is 1. The van der Waals surface area contributed by atoms with Gasteiger partial charge in [0.25, 0.3) is 0 Å². The molecule has 24 heavy (non-hydrogen) atoms. The summed E-state index contributed by atoms with van der Waals surface area (Å²) >= 11 is 0. The molecule has 8 heteroatoms. The first-order valence-electron chi connectivity index (χ1n) is 7.90. The highest BCUT2D eigenvalue weighted by Gasteiger charge is 2.30. The summed E-state index contributed by atoms with van der Waals surface area (Å²) in [5, 5.41) is 0. The smallest absolute Gasteiger partial charge is 0.339 e. The molecule has 2 N–H and O–H groups in total. The lowest BCUT2D eigenvalue weighted by Gasteiger charge is -2.27. The molecule has 2 aliphatic rings. The van der Waals surface area contributed by atoms with Crippen LogP contribution in [0.4, 0.5) is 0 Å². The lowest BCUT2D eigenvalue weighted by Crippen LogP contribution is -2.44. The Balaban J connectivity index is 0.00000208. The monoisotopic (exact) mass is 446 g/mol. The van der Waals surface area contributed by atoms with Gasteiger partial charge in [0.05, 0.1) is 43.8 Å². The third kappa shape index (κ3) is 4.56. The maximum absolute atomic E-state index is 11.8. The first-order valence-corrected chi connectivity index (χ1v) is 7.90. The summed E-state index contributed by atoms with van der Waals surface area (Å²) in [6, 6.07) is 3.59. The van der Waals surface area contributed by atoms with Crippen LogP contribution in [0.5, 0.6) is 0 Å². The Kier molecular flexibility index (Phi) is 6.79. The molecule has 7 nitrogen and oxygen atoms in total. The summed E-state index contributed by atoms with van der Waals surface area (Å²) in [4.78, 5) is 22.9. The van der Waals surface area contributed by atoms with Crippen LogP contribution in [0.3, 0.4) is 0 Å². The lowest BCUT2D eigenvalue weighted by atomic mass is 10.1. The minimum absolute atomic E-state index is 0. The van der Waals surface area contributed by atoms with Gasteiger partial charge >= 0.3 is 5.97 Å². The summed E-state index contributed by atoms with van der Waals surface area (Å²) in [6.45, 7) is 3.28. The molecular formula is C16H23IN4O3. The average molecular weight is 446 g/mol. The van der Waals surface area contributed by atoms with Crippen LogP contribution < -0.4 is 5.73 Å². The van der Waals surface area contributed by atoms with Crippen molar-refractivity contribution in [1.82, 2.24) is 9.88 Å². The molecule has 2 heterocycles. The predicted molar refractivity (Wildman–Crippen MR) is 101 cm³/mol. The van der Waals surface area contributed by atoms with Gasteiger partial charge in [0.2, 0.25) is 0 Å². The number of hydrogen-bond acceptors (Lipinski definition) is 5. The largest absolute Gasteiger partial charge is 0.465 e. The van der Waals surface area contributed by atoms with E-state index in [1.165, 1.54) is 7.11 Å². The van der Waals surface area contributed by atoms with E-state index in [9.17, 15) is 4.79 Å². The predicted octanol–water partition coefficient (Wildman–Crippen LogP) is 1.51. The minimum atomic E-state index is -0.331. The van der Waals surface area contributed by atoms with E-state index >= 15 is 0 Å².